The fourth-order valence-electron chi connectivity index (χ4n) is 10.4. The Kier molecular flexibility index (Phi) is 23.2. The second kappa shape index (κ2) is 28.5. The quantitative estimate of drug-likeness (QED) is 0.0313. The topological polar surface area (TPSA) is 90.9 Å². The standard InChI is InChI=1S/C68H100O9Si3/c1-50(45-46-73-80(68(10,11)12,57-32-23-19-24-33-57)58-34-25-20-26-35-58)51(2)65(72-48-54-39-41-55(70-13)42-40-54)63(77-79(16,17)67(7,8)9)38-28-37-62(76-78(14,15)66(4,5)6)64(69)52(3)59-43-44-61(75-59)60-36-27-31-56(74-60)49-71-47-53-29-21-18-22-30-53/h18-30,32-36,38-42,50-51,56,59-63,65H,3,31,37,43-49H2,1-2,4-17H3/b38-28-/t50-,51+,56-,59-,60+,61-,62+,63-,65+/m0/s1. The number of hydrogen-bond acceptors (Lipinski definition) is 9. The van der Waals surface area contributed by atoms with Crippen LogP contribution in [0.2, 0.25) is 41.3 Å². The van der Waals surface area contributed by atoms with Gasteiger partial charge in [0.05, 0.1) is 57.5 Å². The third kappa shape index (κ3) is 17.0. The maximum atomic E-state index is 15.0. The molecule has 9 atom stereocenters. The number of carbonyl (C=O) groups excluding carboxylic acids is 1. The van der Waals surface area contributed by atoms with Crippen LogP contribution in [0.25, 0.3) is 0 Å². The molecular weight excluding hydrogens is 1040 g/mol. The number of methoxy groups -OCH3 is 1. The molecule has 6 rings (SSSR count). The summed E-state index contributed by atoms with van der Waals surface area (Å²) in [7, 11) is -5.99. The first-order valence-electron chi connectivity index (χ1n) is 29.5. The largest absolute Gasteiger partial charge is 0.497 e. The van der Waals surface area contributed by atoms with Crippen LogP contribution in [0.1, 0.15) is 119 Å². The van der Waals surface area contributed by atoms with Crippen molar-refractivity contribution in [3.05, 3.63) is 163 Å². The molecule has 438 valence electrons. The molecule has 2 aliphatic rings. The van der Waals surface area contributed by atoms with E-state index >= 15 is 4.79 Å². The molecule has 1 saturated heterocycles. The van der Waals surface area contributed by atoms with Crippen LogP contribution >= 0.6 is 0 Å². The van der Waals surface area contributed by atoms with Gasteiger partial charge in [-0.25, -0.2) is 0 Å². The zero-order valence-electron chi connectivity index (χ0n) is 51.7. The average Bonchev–Trinajstić information content (AvgIpc) is 4.01. The summed E-state index contributed by atoms with van der Waals surface area (Å²) < 4.78 is 54.2. The second-order valence-electron chi connectivity index (χ2n) is 26.7. The van der Waals surface area contributed by atoms with Crippen LogP contribution < -0.4 is 15.1 Å². The van der Waals surface area contributed by atoms with Gasteiger partial charge in [-0.3, -0.25) is 4.79 Å². The normalized spacial score (nSPS) is 20.6. The number of hydrogen-bond donors (Lipinski definition) is 0. The molecule has 0 bridgehead atoms. The van der Waals surface area contributed by atoms with Gasteiger partial charge in [-0.05, 0) is 119 Å². The summed E-state index contributed by atoms with van der Waals surface area (Å²) in [5, 5.41) is 2.17. The van der Waals surface area contributed by atoms with Crippen molar-refractivity contribution in [2.75, 3.05) is 20.3 Å². The number of carbonyl (C=O) groups is 1. The van der Waals surface area contributed by atoms with Gasteiger partial charge in [0, 0.05) is 12.2 Å². The monoisotopic (exact) mass is 1140 g/mol. The zero-order chi connectivity index (χ0) is 58.5. The van der Waals surface area contributed by atoms with Crippen molar-refractivity contribution in [2.45, 2.75) is 206 Å². The minimum Gasteiger partial charge on any atom is -0.497 e. The van der Waals surface area contributed by atoms with Crippen LogP contribution in [-0.4, -0.2) is 93.8 Å². The summed E-state index contributed by atoms with van der Waals surface area (Å²) in [5.41, 5.74) is 2.63. The molecule has 80 heavy (non-hydrogen) atoms. The molecular formula is C68H100O9Si3. The Morgan fingerprint density at radius 2 is 1.27 bits per heavy atom. The Morgan fingerprint density at radius 1 is 0.713 bits per heavy atom. The molecule has 1 fully saturated rings. The van der Waals surface area contributed by atoms with Crippen LogP contribution in [0.5, 0.6) is 5.75 Å². The molecule has 2 aliphatic heterocycles. The lowest BCUT2D eigenvalue weighted by Crippen LogP contribution is -2.66. The molecule has 2 heterocycles. The first-order valence-corrected chi connectivity index (χ1v) is 37.2. The maximum Gasteiger partial charge on any atom is 0.261 e. The van der Waals surface area contributed by atoms with E-state index in [-0.39, 0.29) is 57.1 Å². The SMILES string of the molecule is C=C(C(=O)[C@@H](C/C=C\[C@H](O[Si](C)(C)C(C)(C)C)[C@H](OCc1ccc(OC)cc1)[C@H](C)[C@@H](C)CCO[Si](c1ccccc1)(c1ccccc1)C(C)(C)C)O[Si](C)(C)C(C)(C)C)[C@@H]1CC[C@@H]([C@H]2C=CC[C@@H](COCc3ccccc3)O2)O1. The fraction of sp³-hybridized carbons (Fsp3) is 0.544. The van der Waals surface area contributed by atoms with E-state index in [0.717, 1.165) is 36.1 Å². The molecule has 9 nitrogen and oxygen atoms in total. The van der Waals surface area contributed by atoms with Crippen molar-refractivity contribution >= 4 is 41.1 Å². The van der Waals surface area contributed by atoms with Crippen LogP contribution in [0.3, 0.4) is 0 Å². The van der Waals surface area contributed by atoms with Crippen molar-refractivity contribution < 1.29 is 41.8 Å². The van der Waals surface area contributed by atoms with E-state index in [4.69, 9.17) is 37.0 Å². The molecule has 4 aromatic carbocycles. The van der Waals surface area contributed by atoms with Crippen molar-refractivity contribution in [2.24, 2.45) is 11.8 Å². The predicted octanol–water partition coefficient (Wildman–Crippen LogP) is 15.1. The highest BCUT2D eigenvalue weighted by Gasteiger charge is 2.51. The van der Waals surface area contributed by atoms with Crippen LogP contribution in [-0.2, 0) is 50.2 Å². The van der Waals surface area contributed by atoms with E-state index in [1.165, 1.54) is 10.4 Å². The minimum atomic E-state index is -2.77. The molecule has 0 aliphatic carbocycles. The van der Waals surface area contributed by atoms with Gasteiger partial charge in [-0.1, -0.05) is 210 Å². The van der Waals surface area contributed by atoms with Gasteiger partial charge in [-0.15, -0.1) is 0 Å². The van der Waals surface area contributed by atoms with E-state index in [1.807, 2.05) is 30.3 Å². The maximum absolute atomic E-state index is 15.0. The van der Waals surface area contributed by atoms with E-state index in [2.05, 4.69) is 218 Å². The number of Topliss-reactive ketones (excluding diaryl/α,β-unsaturated/α-hetero) is 1. The summed E-state index contributed by atoms with van der Waals surface area (Å²) in [6, 6.07) is 40.0. The highest BCUT2D eigenvalue weighted by atomic mass is 28.4. The number of ketones is 1. The average molecular weight is 1150 g/mol. The summed E-state index contributed by atoms with van der Waals surface area (Å²) in [4.78, 5) is 15.0. The van der Waals surface area contributed by atoms with Crippen molar-refractivity contribution in [1.82, 2.24) is 0 Å². The molecule has 0 spiro atoms. The van der Waals surface area contributed by atoms with E-state index in [9.17, 15) is 0 Å². The molecule has 0 radical (unpaired) electrons. The molecule has 0 saturated carbocycles. The lowest BCUT2D eigenvalue weighted by Gasteiger charge is -2.44. The Labute approximate surface area is 486 Å². The lowest BCUT2D eigenvalue weighted by molar-refractivity contribution is -0.125. The highest BCUT2D eigenvalue weighted by molar-refractivity contribution is 6.99. The summed E-state index contributed by atoms with van der Waals surface area (Å²) >= 11 is 0. The Hall–Kier alpha value is -4.06. The van der Waals surface area contributed by atoms with Crippen molar-refractivity contribution in [3.8, 4) is 5.75 Å². The highest BCUT2D eigenvalue weighted by Crippen LogP contribution is 2.42. The van der Waals surface area contributed by atoms with Gasteiger partial charge in [0.15, 0.2) is 22.4 Å². The second-order valence-corrected chi connectivity index (χ2v) is 40.5. The number of benzene rings is 4. The van der Waals surface area contributed by atoms with Gasteiger partial charge in [0.2, 0.25) is 0 Å². The molecule has 12 heteroatoms. The van der Waals surface area contributed by atoms with Crippen molar-refractivity contribution in [1.29, 1.82) is 0 Å². The van der Waals surface area contributed by atoms with Crippen LogP contribution in [0, 0.1) is 11.8 Å². The minimum absolute atomic E-state index is 0.0312. The third-order valence-corrected chi connectivity index (χ3v) is 31.7. The lowest BCUT2D eigenvalue weighted by atomic mass is 9.85. The van der Waals surface area contributed by atoms with Crippen LogP contribution in [0.15, 0.2) is 152 Å². The summed E-state index contributed by atoms with van der Waals surface area (Å²) in [6.07, 6.45) is 9.42. The van der Waals surface area contributed by atoms with Gasteiger partial charge in [-0.2, -0.15) is 0 Å². The predicted molar refractivity (Wildman–Crippen MR) is 337 cm³/mol. The molecule has 0 N–H and O–H groups in total. The van der Waals surface area contributed by atoms with E-state index < -0.39 is 43.3 Å². The zero-order valence-corrected chi connectivity index (χ0v) is 54.7. The number of rotatable bonds is 28. The summed E-state index contributed by atoms with van der Waals surface area (Å²) in [6.45, 7) is 40.6. The van der Waals surface area contributed by atoms with Crippen molar-refractivity contribution in [3.63, 3.8) is 0 Å². The third-order valence-electron chi connectivity index (χ3n) is 17.7. The molecule has 0 unspecified atom stereocenters. The molecule has 0 aromatic heterocycles. The smallest absolute Gasteiger partial charge is 0.261 e. The Balaban J connectivity index is 1.26. The first-order chi connectivity index (χ1) is 37.7. The van der Waals surface area contributed by atoms with Gasteiger partial charge >= 0.3 is 0 Å². The fourth-order valence-corrected chi connectivity index (χ4v) is 17.5. The molecule has 0 amide bonds. The van der Waals surface area contributed by atoms with Crippen LogP contribution in [0.4, 0.5) is 0 Å². The van der Waals surface area contributed by atoms with Gasteiger partial charge in [0.25, 0.3) is 8.32 Å². The van der Waals surface area contributed by atoms with E-state index in [1.54, 1.807) is 7.11 Å². The van der Waals surface area contributed by atoms with E-state index in [0.29, 0.717) is 44.8 Å². The molecule has 4 aromatic rings. The van der Waals surface area contributed by atoms with Gasteiger partial charge < -0.3 is 37.0 Å². The first kappa shape index (κ1) is 65.1. The number of ether oxygens (including phenoxy) is 5. The van der Waals surface area contributed by atoms with Gasteiger partial charge in [0.1, 0.15) is 18.0 Å². The Morgan fingerprint density at radius 3 is 1.84 bits per heavy atom. The Bertz CT molecular complexity index is 2540. The summed E-state index contributed by atoms with van der Waals surface area (Å²) in [5.74, 6) is 0.889.